The van der Waals surface area contributed by atoms with Gasteiger partial charge in [-0.2, -0.15) is 5.10 Å². The predicted octanol–water partition coefficient (Wildman–Crippen LogP) is 2.65. The van der Waals surface area contributed by atoms with Crippen molar-refractivity contribution in [3.05, 3.63) is 41.6 Å². The lowest BCUT2D eigenvalue weighted by molar-refractivity contribution is 0.418. The van der Waals surface area contributed by atoms with Crippen LogP contribution in [0.15, 0.2) is 28.8 Å². The molecule has 0 spiro atoms. The maximum absolute atomic E-state index is 5.81. The second kappa shape index (κ2) is 5.68. The second-order valence-electron chi connectivity index (χ2n) is 4.06. The molecule has 2 aromatic rings. The number of aryl methyl sites for hydroxylation is 1. The van der Waals surface area contributed by atoms with Gasteiger partial charge in [-0.25, -0.2) is 0 Å². The molecule has 92 valence electrons. The van der Waals surface area contributed by atoms with Crippen molar-refractivity contribution in [1.29, 1.82) is 0 Å². The van der Waals surface area contributed by atoms with Crippen LogP contribution in [0, 0.1) is 0 Å². The zero-order chi connectivity index (χ0) is 12.1. The summed E-state index contributed by atoms with van der Waals surface area (Å²) in [6.45, 7) is 5.19. The van der Waals surface area contributed by atoms with Crippen molar-refractivity contribution in [1.82, 2.24) is 15.5 Å². The van der Waals surface area contributed by atoms with E-state index in [1.165, 1.54) is 0 Å². The largest absolute Gasteiger partial charge is 0.464 e. The smallest absolute Gasteiger partial charge is 0.127 e. The van der Waals surface area contributed by atoms with E-state index < -0.39 is 0 Å². The summed E-state index contributed by atoms with van der Waals surface area (Å²) in [6, 6.07) is 6.11. The van der Waals surface area contributed by atoms with Crippen molar-refractivity contribution in [2.45, 2.75) is 32.7 Å². The molecule has 2 heterocycles. The number of rotatable bonds is 6. The summed E-state index contributed by atoms with van der Waals surface area (Å²) in [5.41, 5.74) is 1.04. The highest BCUT2D eigenvalue weighted by Crippen LogP contribution is 2.22. The number of nitrogens with one attached hydrogen (secondary N) is 2. The highest BCUT2D eigenvalue weighted by atomic mass is 16.3. The summed E-state index contributed by atoms with van der Waals surface area (Å²) in [4.78, 5) is 0. The van der Waals surface area contributed by atoms with E-state index in [-0.39, 0.29) is 6.04 Å². The standard InChI is InChI=1S/C13H19N3O/c1-3-8-14-13(11-7-9-15-16-11)12-6-5-10(4-2)17-12/h5-7,9,13-14H,3-4,8H2,1-2H3,(H,15,16). The molecule has 4 nitrogen and oxygen atoms in total. The lowest BCUT2D eigenvalue weighted by Gasteiger charge is -2.14. The van der Waals surface area contributed by atoms with Crippen LogP contribution in [-0.2, 0) is 6.42 Å². The predicted molar refractivity (Wildman–Crippen MR) is 66.8 cm³/mol. The number of hydrogen-bond acceptors (Lipinski definition) is 3. The van der Waals surface area contributed by atoms with Gasteiger partial charge >= 0.3 is 0 Å². The van der Waals surface area contributed by atoms with Gasteiger partial charge in [0.25, 0.3) is 0 Å². The summed E-state index contributed by atoms with van der Waals surface area (Å²) < 4.78 is 5.81. The number of H-pyrrole nitrogens is 1. The SMILES string of the molecule is CCCNC(c1ccn[nH]1)c1ccc(CC)o1. The summed E-state index contributed by atoms with van der Waals surface area (Å²) in [5, 5.41) is 10.5. The van der Waals surface area contributed by atoms with Crippen molar-refractivity contribution in [3.63, 3.8) is 0 Å². The Kier molecular flexibility index (Phi) is 3.98. The van der Waals surface area contributed by atoms with Gasteiger partial charge in [0.1, 0.15) is 17.6 Å². The van der Waals surface area contributed by atoms with Crippen molar-refractivity contribution < 1.29 is 4.42 Å². The van der Waals surface area contributed by atoms with E-state index >= 15 is 0 Å². The number of aromatic nitrogens is 2. The average Bonchev–Trinajstić information content (AvgIpc) is 3.00. The Bertz CT molecular complexity index is 433. The van der Waals surface area contributed by atoms with Crippen molar-refractivity contribution >= 4 is 0 Å². The Morgan fingerprint density at radius 2 is 2.24 bits per heavy atom. The molecular formula is C13H19N3O. The lowest BCUT2D eigenvalue weighted by atomic mass is 10.1. The molecule has 0 amide bonds. The molecular weight excluding hydrogens is 214 g/mol. The van der Waals surface area contributed by atoms with E-state index in [2.05, 4.69) is 29.4 Å². The maximum atomic E-state index is 5.81. The van der Waals surface area contributed by atoms with Crippen molar-refractivity contribution in [2.75, 3.05) is 6.54 Å². The molecule has 2 aromatic heterocycles. The fraction of sp³-hybridized carbons (Fsp3) is 0.462. The molecule has 0 radical (unpaired) electrons. The average molecular weight is 233 g/mol. The second-order valence-corrected chi connectivity index (χ2v) is 4.06. The quantitative estimate of drug-likeness (QED) is 0.806. The molecule has 2 rings (SSSR count). The summed E-state index contributed by atoms with van der Waals surface area (Å²) in [6.07, 6.45) is 3.77. The van der Waals surface area contributed by atoms with Crippen LogP contribution in [0.25, 0.3) is 0 Å². The molecule has 1 atom stereocenters. The van der Waals surface area contributed by atoms with Crippen LogP contribution >= 0.6 is 0 Å². The molecule has 17 heavy (non-hydrogen) atoms. The normalized spacial score (nSPS) is 12.8. The van der Waals surface area contributed by atoms with E-state index in [4.69, 9.17) is 4.42 Å². The van der Waals surface area contributed by atoms with Gasteiger partial charge in [0.15, 0.2) is 0 Å². The van der Waals surface area contributed by atoms with Crippen LogP contribution < -0.4 is 5.32 Å². The Morgan fingerprint density at radius 3 is 2.82 bits per heavy atom. The van der Waals surface area contributed by atoms with E-state index in [9.17, 15) is 0 Å². The first kappa shape index (κ1) is 11.9. The van der Waals surface area contributed by atoms with Crippen LogP contribution in [0.4, 0.5) is 0 Å². The number of aromatic amines is 1. The van der Waals surface area contributed by atoms with Crippen LogP contribution in [0.1, 0.15) is 43.5 Å². The van der Waals surface area contributed by atoms with Gasteiger partial charge in [0.2, 0.25) is 0 Å². The fourth-order valence-corrected chi connectivity index (χ4v) is 1.82. The Labute approximate surface area is 101 Å². The van der Waals surface area contributed by atoms with Gasteiger partial charge in [-0.15, -0.1) is 0 Å². The van der Waals surface area contributed by atoms with Crippen LogP contribution in [-0.4, -0.2) is 16.7 Å². The molecule has 4 heteroatoms. The summed E-state index contributed by atoms with van der Waals surface area (Å²) in [7, 11) is 0. The number of nitrogens with zero attached hydrogens (tertiary/aromatic N) is 1. The van der Waals surface area contributed by atoms with E-state index in [1.54, 1.807) is 6.20 Å². The van der Waals surface area contributed by atoms with Gasteiger partial charge in [-0.05, 0) is 31.2 Å². The fourth-order valence-electron chi connectivity index (χ4n) is 1.82. The zero-order valence-electron chi connectivity index (χ0n) is 10.4. The van der Waals surface area contributed by atoms with E-state index in [1.807, 2.05) is 18.2 Å². The topological polar surface area (TPSA) is 53.9 Å². The first-order chi connectivity index (χ1) is 8.35. The van der Waals surface area contributed by atoms with Crippen LogP contribution in [0.3, 0.4) is 0 Å². The molecule has 0 saturated carbocycles. The first-order valence-corrected chi connectivity index (χ1v) is 6.16. The Hall–Kier alpha value is -1.55. The van der Waals surface area contributed by atoms with Crippen LogP contribution in [0.2, 0.25) is 0 Å². The molecule has 0 aliphatic heterocycles. The number of furan rings is 1. The third-order valence-corrected chi connectivity index (χ3v) is 2.75. The van der Waals surface area contributed by atoms with Crippen molar-refractivity contribution in [2.24, 2.45) is 0 Å². The molecule has 0 fully saturated rings. The minimum Gasteiger partial charge on any atom is -0.464 e. The van der Waals surface area contributed by atoms with Gasteiger partial charge in [-0.1, -0.05) is 13.8 Å². The minimum absolute atomic E-state index is 0.0674. The van der Waals surface area contributed by atoms with E-state index in [0.717, 1.165) is 36.6 Å². The molecule has 0 saturated heterocycles. The first-order valence-electron chi connectivity index (χ1n) is 6.16. The molecule has 0 aromatic carbocycles. The lowest BCUT2D eigenvalue weighted by Crippen LogP contribution is -2.23. The Balaban J connectivity index is 2.20. The van der Waals surface area contributed by atoms with Gasteiger partial charge in [0.05, 0.1) is 5.69 Å². The Morgan fingerprint density at radius 1 is 1.35 bits per heavy atom. The van der Waals surface area contributed by atoms with Crippen LogP contribution in [0.5, 0.6) is 0 Å². The molecule has 0 bridgehead atoms. The molecule has 0 aliphatic carbocycles. The van der Waals surface area contributed by atoms with E-state index in [0.29, 0.717) is 0 Å². The molecule has 2 N–H and O–H groups in total. The minimum atomic E-state index is 0.0674. The summed E-state index contributed by atoms with van der Waals surface area (Å²) >= 11 is 0. The van der Waals surface area contributed by atoms with Gasteiger partial charge in [0, 0.05) is 12.6 Å². The molecule has 1 unspecified atom stereocenters. The number of hydrogen-bond donors (Lipinski definition) is 2. The third-order valence-electron chi connectivity index (χ3n) is 2.75. The van der Waals surface area contributed by atoms with Gasteiger partial charge in [-0.3, -0.25) is 5.10 Å². The highest BCUT2D eigenvalue weighted by Gasteiger charge is 2.18. The van der Waals surface area contributed by atoms with Gasteiger partial charge < -0.3 is 9.73 Å². The maximum Gasteiger partial charge on any atom is 0.127 e. The van der Waals surface area contributed by atoms with Crippen molar-refractivity contribution in [3.8, 4) is 0 Å². The zero-order valence-corrected chi connectivity index (χ0v) is 10.4. The highest BCUT2D eigenvalue weighted by molar-refractivity contribution is 5.20. The third kappa shape index (κ3) is 2.77. The monoisotopic (exact) mass is 233 g/mol. The molecule has 0 aliphatic rings. The summed E-state index contributed by atoms with van der Waals surface area (Å²) in [5.74, 6) is 1.96.